The minimum absolute atomic E-state index is 0.0262. The van der Waals surface area contributed by atoms with Crippen LogP contribution in [0.3, 0.4) is 0 Å². The lowest BCUT2D eigenvalue weighted by Crippen LogP contribution is -2.45. The number of rotatable bonds is 6. The molecule has 0 radical (unpaired) electrons. The summed E-state index contributed by atoms with van der Waals surface area (Å²) in [4.78, 5) is 41.9. The number of nitrogens with zero attached hydrogens (tertiary/aromatic N) is 5. The number of anilines is 1. The zero-order chi connectivity index (χ0) is 26.7. The van der Waals surface area contributed by atoms with Gasteiger partial charge in [0.15, 0.2) is 11.5 Å². The lowest BCUT2D eigenvalue weighted by atomic mass is 9.91. The number of carbonyl (C=O) groups is 1. The number of aromatic amines is 1. The summed E-state index contributed by atoms with van der Waals surface area (Å²) in [6.45, 7) is 14.7. The minimum atomic E-state index is -0.128. The third-order valence-electron chi connectivity index (χ3n) is 7.31. The van der Waals surface area contributed by atoms with E-state index in [0.717, 1.165) is 69.4 Å². The number of aromatic nitrogens is 2. The Morgan fingerprint density at radius 1 is 0.921 bits per heavy atom. The van der Waals surface area contributed by atoms with Crippen molar-refractivity contribution < 1.29 is 14.3 Å². The van der Waals surface area contributed by atoms with E-state index in [1.54, 1.807) is 6.07 Å². The lowest BCUT2D eigenvalue weighted by molar-refractivity contribution is -0.132. The molecule has 2 fully saturated rings. The van der Waals surface area contributed by atoms with Crippen LogP contribution in [0, 0.1) is 5.41 Å². The van der Waals surface area contributed by atoms with Crippen molar-refractivity contribution in [3.63, 3.8) is 0 Å². The van der Waals surface area contributed by atoms with Gasteiger partial charge in [-0.25, -0.2) is 4.98 Å². The van der Waals surface area contributed by atoms with Gasteiger partial charge in [-0.1, -0.05) is 26.8 Å². The number of H-pyrrole nitrogens is 1. The lowest BCUT2D eigenvalue weighted by Gasteiger charge is -2.34. The Bertz CT molecular complexity index is 1180. The third-order valence-corrected chi connectivity index (χ3v) is 7.31. The van der Waals surface area contributed by atoms with E-state index in [9.17, 15) is 9.59 Å². The molecule has 3 aliphatic rings. The second kappa shape index (κ2) is 11.3. The average molecular weight is 525 g/mol. The van der Waals surface area contributed by atoms with Crippen LogP contribution >= 0.6 is 0 Å². The normalized spacial score (nSPS) is 19.0. The van der Waals surface area contributed by atoms with Crippen LogP contribution in [-0.2, 0) is 17.9 Å². The molecule has 2 aromatic rings. The van der Waals surface area contributed by atoms with Crippen molar-refractivity contribution in [3.8, 4) is 11.5 Å². The molecular weight excluding hydrogens is 484 g/mol. The van der Waals surface area contributed by atoms with Gasteiger partial charge in [-0.2, -0.15) is 0 Å². The fourth-order valence-corrected chi connectivity index (χ4v) is 5.30. The molecule has 206 valence electrons. The van der Waals surface area contributed by atoms with Crippen LogP contribution in [0.2, 0.25) is 0 Å². The molecule has 0 saturated carbocycles. The van der Waals surface area contributed by atoms with E-state index in [1.807, 2.05) is 11.0 Å². The molecule has 1 aromatic carbocycles. The summed E-state index contributed by atoms with van der Waals surface area (Å²) in [5.74, 6) is 2.45. The summed E-state index contributed by atoms with van der Waals surface area (Å²) in [5.41, 5.74) is 1.86. The number of nitrogens with one attached hydrogen (secondary N) is 1. The standard InChI is InChI=1S/C28H40N6O4/c1-28(2,3)17-26(36)33-7-4-8-34(14-13-33)27-29-22(16-25(35)30-27)19-32-11-9-31(10-12-32)18-21-5-6-23-24(15-21)38-20-37-23/h5-6,15-16H,4,7-14,17-20H2,1-3H3,(H,29,30,35). The van der Waals surface area contributed by atoms with Gasteiger partial charge in [-0.3, -0.25) is 24.4 Å². The minimum Gasteiger partial charge on any atom is -0.454 e. The number of hydrogen-bond acceptors (Lipinski definition) is 8. The largest absolute Gasteiger partial charge is 0.454 e. The Morgan fingerprint density at radius 3 is 2.42 bits per heavy atom. The van der Waals surface area contributed by atoms with E-state index < -0.39 is 0 Å². The van der Waals surface area contributed by atoms with Crippen molar-refractivity contribution >= 4 is 11.9 Å². The molecule has 0 unspecified atom stereocenters. The van der Waals surface area contributed by atoms with Gasteiger partial charge in [0, 0.05) is 77.9 Å². The maximum atomic E-state index is 12.7. The van der Waals surface area contributed by atoms with Gasteiger partial charge >= 0.3 is 0 Å². The fourth-order valence-electron chi connectivity index (χ4n) is 5.30. The number of piperazine rings is 1. The predicted octanol–water partition coefficient (Wildman–Crippen LogP) is 2.29. The van der Waals surface area contributed by atoms with Crippen molar-refractivity contribution in [2.24, 2.45) is 5.41 Å². The maximum absolute atomic E-state index is 12.7. The molecule has 1 amide bonds. The van der Waals surface area contributed by atoms with Crippen LogP contribution in [0.4, 0.5) is 5.95 Å². The Morgan fingerprint density at radius 2 is 1.66 bits per heavy atom. The van der Waals surface area contributed by atoms with Gasteiger partial charge in [-0.05, 0) is 29.5 Å². The SMILES string of the molecule is CC(C)(C)CC(=O)N1CCCN(c2nc(CN3CCN(Cc4ccc5c(c4)OCO5)CC3)cc(=O)[nH]2)CC1. The van der Waals surface area contributed by atoms with Gasteiger partial charge in [0.1, 0.15) is 0 Å². The zero-order valence-electron chi connectivity index (χ0n) is 22.9. The molecule has 38 heavy (non-hydrogen) atoms. The highest BCUT2D eigenvalue weighted by molar-refractivity contribution is 5.77. The summed E-state index contributed by atoms with van der Waals surface area (Å²) in [6.07, 6.45) is 1.40. The first kappa shape index (κ1) is 26.5. The zero-order valence-corrected chi connectivity index (χ0v) is 22.9. The van der Waals surface area contributed by atoms with Crippen LogP contribution in [-0.4, -0.2) is 89.7 Å². The Balaban J connectivity index is 1.14. The topological polar surface area (TPSA) is 94.2 Å². The second-order valence-corrected chi connectivity index (χ2v) is 11.8. The van der Waals surface area contributed by atoms with Crippen molar-refractivity contribution in [3.05, 3.63) is 45.9 Å². The molecule has 4 heterocycles. The number of benzene rings is 1. The highest BCUT2D eigenvalue weighted by Crippen LogP contribution is 2.33. The Kier molecular flexibility index (Phi) is 7.90. The van der Waals surface area contributed by atoms with Crippen LogP contribution < -0.4 is 19.9 Å². The summed E-state index contributed by atoms with van der Waals surface area (Å²) in [6, 6.07) is 7.76. The van der Waals surface area contributed by atoms with E-state index >= 15 is 0 Å². The first-order valence-electron chi connectivity index (χ1n) is 13.7. The van der Waals surface area contributed by atoms with Crippen LogP contribution in [0.5, 0.6) is 11.5 Å². The Hall–Kier alpha value is -3.11. The van der Waals surface area contributed by atoms with E-state index in [1.165, 1.54) is 5.56 Å². The van der Waals surface area contributed by atoms with E-state index in [0.29, 0.717) is 38.8 Å². The van der Waals surface area contributed by atoms with E-state index in [4.69, 9.17) is 14.5 Å². The monoisotopic (exact) mass is 524 g/mol. The number of hydrogen-bond donors (Lipinski definition) is 1. The summed E-state index contributed by atoms with van der Waals surface area (Å²) in [5, 5.41) is 0. The molecule has 5 rings (SSSR count). The average Bonchev–Trinajstić information content (AvgIpc) is 3.18. The molecule has 0 atom stereocenters. The molecule has 10 nitrogen and oxygen atoms in total. The van der Waals surface area contributed by atoms with Gasteiger partial charge in [0.2, 0.25) is 18.6 Å². The molecule has 10 heteroatoms. The highest BCUT2D eigenvalue weighted by Gasteiger charge is 2.25. The summed E-state index contributed by atoms with van der Waals surface area (Å²) < 4.78 is 10.9. The molecule has 3 aliphatic heterocycles. The van der Waals surface area contributed by atoms with Crippen molar-refractivity contribution in [1.29, 1.82) is 0 Å². The van der Waals surface area contributed by atoms with E-state index in [2.05, 4.69) is 52.6 Å². The number of fused-ring (bicyclic) bond motifs is 1. The van der Waals surface area contributed by atoms with Crippen molar-refractivity contribution in [1.82, 2.24) is 24.7 Å². The van der Waals surface area contributed by atoms with E-state index in [-0.39, 0.29) is 16.9 Å². The summed E-state index contributed by atoms with van der Waals surface area (Å²) in [7, 11) is 0. The molecular formula is C28H40N6O4. The molecule has 1 aromatic heterocycles. The Labute approximate surface area is 224 Å². The summed E-state index contributed by atoms with van der Waals surface area (Å²) >= 11 is 0. The molecule has 1 N–H and O–H groups in total. The van der Waals surface area contributed by atoms with Gasteiger partial charge in [-0.15, -0.1) is 0 Å². The fraction of sp³-hybridized carbons (Fsp3) is 0.607. The smallest absolute Gasteiger partial charge is 0.252 e. The molecule has 0 bridgehead atoms. The quantitative estimate of drug-likeness (QED) is 0.615. The van der Waals surface area contributed by atoms with Crippen LogP contribution in [0.1, 0.15) is 44.9 Å². The third kappa shape index (κ3) is 6.85. The highest BCUT2D eigenvalue weighted by atomic mass is 16.7. The first-order valence-corrected chi connectivity index (χ1v) is 13.7. The van der Waals surface area contributed by atoms with Gasteiger partial charge < -0.3 is 19.3 Å². The van der Waals surface area contributed by atoms with Crippen molar-refractivity contribution in [2.45, 2.75) is 46.7 Å². The molecule has 2 saturated heterocycles. The van der Waals surface area contributed by atoms with Gasteiger partial charge in [0.25, 0.3) is 5.56 Å². The first-order chi connectivity index (χ1) is 18.2. The number of amides is 1. The van der Waals surface area contributed by atoms with Crippen molar-refractivity contribution in [2.75, 3.05) is 64.1 Å². The molecule has 0 aliphatic carbocycles. The number of carbonyl (C=O) groups excluding carboxylic acids is 1. The second-order valence-electron chi connectivity index (χ2n) is 11.8. The van der Waals surface area contributed by atoms with Gasteiger partial charge in [0.05, 0.1) is 5.69 Å². The number of ether oxygens (including phenoxy) is 2. The predicted molar refractivity (Wildman–Crippen MR) is 145 cm³/mol. The van der Waals surface area contributed by atoms with Crippen LogP contribution in [0.15, 0.2) is 29.1 Å². The van der Waals surface area contributed by atoms with Crippen LogP contribution in [0.25, 0.3) is 0 Å². The maximum Gasteiger partial charge on any atom is 0.252 e. The molecule has 0 spiro atoms.